The van der Waals surface area contributed by atoms with Crippen LogP contribution < -0.4 is 0 Å². The lowest BCUT2D eigenvalue weighted by Crippen LogP contribution is -2.00. The summed E-state index contributed by atoms with van der Waals surface area (Å²) in [5, 5.41) is 10.3. The molecule has 0 fully saturated rings. The molecule has 0 aliphatic heterocycles. The minimum atomic E-state index is -0.109. The molecule has 0 saturated heterocycles. The van der Waals surface area contributed by atoms with Gasteiger partial charge in [0.2, 0.25) is 0 Å². The van der Waals surface area contributed by atoms with Gasteiger partial charge < -0.3 is 5.11 Å². The van der Waals surface area contributed by atoms with Crippen LogP contribution >= 0.6 is 23.4 Å². The molecule has 1 heterocycles. The first-order valence-electron chi connectivity index (χ1n) is 4.92. The van der Waals surface area contributed by atoms with Gasteiger partial charge in [-0.05, 0) is 5.92 Å². The van der Waals surface area contributed by atoms with E-state index in [0.717, 1.165) is 17.2 Å². The predicted molar refractivity (Wildman–Crippen MR) is 63.1 cm³/mol. The minimum absolute atomic E-state index is 0.109. The molecule has 0 radical (unpaired) electrons. The van der Waals surface area contributed by atoms with Gasteiger partial charge >= 0.3 is 0 Å². The molecule has 0 aliphatic rings. The molecule has 1 atom stereocenters. The molecule has 0 amide bonds. The van der Waals surface area contributed by atoms with E-state index in [4.69, 9.17) is 16.7 Å². The lowest BCUT2D eigenvalue weighted by molar-refractivity contribution is 0.277. The number of hydrogen-bond donors (Lipinski definition) is 1. The molecule has 0 aromatic carbocycles. The minimum Gasteiger partial charge on any atom is -0.391 e. The van der Waals surface area contributed by atoms with Gasteiger partial charge in [-0.1, -0.05) is 31.9 Å². The summed E-state index contributed by atoms with van der Waals surface area (Å²) in [6.45, 7) is 4.24. The van der Waals surface area contributed by atoms with E-state index in [1.54, 1.807) is 11.8 Å². The second-order valence-corrected chi connectivity index (χ2v) is 4.80. The fourth-order valence-electron chi connectivity index (χ4n) is 0.972. The van der Waals surface area contributed by atoms with Crippen LogP contribution in [0.3, 0.4) is 0 Å². The van der Waals surface area contributed by atoms with Crippen molar-refractivity contribution in [1.29, 1.82) is 0 Å². The van der Waals surface area contributed by atoms with Gasteiger partial charge in [0.1, 0.15) is 16.5 Å². The van der Waals surface area contributed by atoms with Crippen LogP contribution in [-0.4, -0.2) is 20.8 Å². The van der Waals surface area contributed by atoms with Crippen LogP contribution in [0.2, 0.25) is 5.15 Å². The summed E-state index contributed by atoms with van der Waals surface area (Å²) in [4.78, 5) is 7.96. The van der Waals surface area contributed by atoms with Gasteiger partial charge in [0.15, 0.2) is 0 Å². The highest BCUT2D eigenvalue weighted by Gasteiger charge is 2.10. The van der Waals surface area contributed by atoms with Crippen LogP contribution in [-0.2, 0) is 6.61 Å². The number of aliphatic hydroxyl groups excluding tert-OH is 1. The predicted octanol–water partition coefficient (Wildman–Crippen LogP) is 2.76. The molecule has 5 heteroatoms. The molecule has 1 aromatic rings. The summed E-state index contributed by atoms with van der Waals surface area (Å²) in [5.41, 5.74) is 0.632. The Hall–Kier alpha value is -0.320. The highest BCUT2D eigenvalue weighted by atomic mass is 35.5. The Labute approximate surface area is 99.3 Å². The molecular weight excluding hydrogens is 232 g/mol. The Morgan fingerprint density at radius 2 is 2.27 bits per heavy atom. The Bertz CT molecular complexity index is 322. The molecule has 84 valence electrons. The molecule has 15 heavy (non-hydrogen) atoms. The van der Waals surface area contributed by atoms with Crippen molar-refractivity contribution < 1.29 is 5.11 Å². The van der Waals surface area contributed by atoms with E-state index in [2.05, 4.69) is 23.8 Å². The summed E-state index contributed by atoms with van der Waals surface area (Å²) in [6, 6.07) is 0. The van der Waals surface area contributed by atoms with Gasteiger partial charge in [0.25, 0.3) is 0 Å². The van der Waals surface area contributed by atoms with Crippen molar-refractivity contribution in [1.82, 2.24) is 9.97 Å². The fraction of sp³-hybridized carbons (Fsp3) is 0.600. The summed E-state index contributed by atoms with van der Waals surface area (Å²) < 4.78 is 0. The van der Waals surface area contributed by atoms with Crippen molar-refractivity contribution in [3.63, 3.8) is 0 Å². The first-order chi connectivity index (χ1) is 7.19. The Balaban J connectivity index is 2.72. The molecule has 1 aromatic heterocycles. The number of nitrogens with zero attached hydrogens (tertiary/aromatic N) is 2. The quantitative estimate of drug-likeness (QED) is 0.641. The number of aromatic nitrogens is 2. The smallest absolute Gasteiger partial charge is 0.139 e. The second kappa shape index (κ2) is 6.30. The van der Waals surface area contributed by atoms with Crippen molar-refractivity contribution in [3.8, 4) is 0 Å². The molecule has 0 spiro atoms. The van der Waals surface area contributed by atoms with Gasteiger partial charge in [-0.15, -0.1) is 11.8 Å². The Morgan fingerprint density at radius 1 is 1.53 bits per heavy atom. The van der Waals surface area contributed by atoms with Crippen LogP contribution in [0.1, 0.15) is 25.8 Å². The van der Waals surface area contributed by atoms with Crippen molar-refractivity contribution in [2.75, 3.05) is 5.75 Å². The van der Waals surface area contributed by atoms with Crippen molar-refractivity contribution in [2.24, 2.45) is 5.92 Å². The zero-order chi connectivity index (χ0) is 11.3. The Morgan fingerprint density at radius 3 is 2.87 bits per heavy atom. The van der Waals surface area contributed by atoms with Crippen molar-refractivity contribution in [3.05, 3.63) is 17.0 Å². The SMILES string of the molecule is CCC(C)CSc1ncnc(Cl)c1CO. The van der Waals surface area contributed by atoms with E-state index in [0.29, 0.717) is 16.6 Å². The van der Waals surface area contributed by atoms with Gasteiger partial charge in [-0.2, -0.15) is 0 Å². The number of halogens is 1. The van der Waals surface area contributed by atoms with Crippen molar-refractivity contribution in [2.45, 2.75) is 31.9 Å². The number of thioether (sulfide) groups is 1. The van der Waals surface area contributed by atoms with Crippen LogP contribution in [0.25, 0.3) is 0 Å². The maximum absolute atomic E-state index is 9.14. The lowest BCUT2D eigenvalue weighted by atomic mass is 10.2. The van der Waals surface area contributed by atoms with Gasteiger partial charge in [0.05, 0.1) is 6.61 Å². The third-order valence-corrected chi connectivity index (χ3v) is 3.90. The molecule has 0 saturated carbocycles. The first kappa shape index (κ1) is 12.7. The largest absolute Gasteiger partial charge is 0.391 e. The standard InChI is InChI=1S/C10H15ClN2OS/c1-3-7(2)5-15-10-8(4-14)9(11)12-6-13-10/h6-7,14H,3-5H2,1-2H3. The van der Waals surface area contributed by atoms with Crippen LogP contribution in [0.4, 0.5) is 0 Å². The molecular formula is C10H15ClN2OS. The third-order valence-electron chi connectivity index (χ3n) is 2.21. The normalized spacial score (nSPS) is 12.8. The summed E-state index contributed by atoms with van der Waals surface area (Å²) in [6.07, 6.45) is 2.57. The van der Waals surface area contributed by atoms with E-state index >= 15 is 0 Å². The van der Waals surface area contributed by atoms with E-state index in [1.165, 1.54) is 6.33 Å². The maximum atomic E-state index is 9.14. The number of rotatable bonds is 5. The topological polar surface area (TPSA) is 46.0 Å². The van der Waals surface area contributed by atoms with Gasteiger partial charge in [-0.25, -0.2) is 9.97 Å². The van der Waals surface area contributed by atoms with Crippen LogP contribution in [0, 0.1) is 5.92 Å². The monoisotopic (exact) mass is 246 g/mol. The molecule has 1 rings (SSSR count). The van der Waals surface area contributed by atoms with E-state index < -0.39 is 0 Å². The van der Waals surface area contributed by atoms with E-state index in [-0.39, 0.29) is 6.61 Å². The maximum Gasteiger partial charge on any atom is 0.139 e. The first-order valence-corrected chi connectivity index (χ1v) is 6.28. The molecule has 1 N–H and O–H groups in total. The average Bonchev–Trinajstić information content (AvgIpc) is 2.25. The molecule has 0 aliphatic carbocycles. The number of hydrogen-bond acceptors (Lipinski definition) is 4. The van der Waals surface area contributed by atoms with Crippen molar-refractivity contribution >= 4 is 23.4 Å². The summed E-state index contributed by atoms with van der Waals surface area (Å²) in [7, 11) is 0. The van der Waals surface area contributed by atoms with Gasteiger partial charge in [-0.3, -0.25) is 0 Å². The number of aliphatic hydroxyl groups is 1. The molecule has 0 bridgehead atoms. The highest BCUT2D eigenvalue weighted by Crippen LogP contribution is 2.26. The summed E-state index contributed by atoms with van der Waals surface area (Å²) in [5.74, 6) is 1.62. The zero-order valence-corrected chi connectivity index (χ0v) is 10.5. The third kappa shape index (κ3) is 3.63. The molecule has 3 nitrogen and oxygen atoms in total. The van der Waals surface area contributed by atoms with Gasteiger partial charge in [0, 0.05) is 11.3 Å². The molecule has 1 unspecified atom stereocenters. The second-order valence-electron chi connectivity index (χ2n) is 3.43. The summed E-state index contributed by atoms with van der Waals surface area (Å²) >= 11 is 7.48. The Kier molecular flexibility index (Phi) is 5.36. The lowest BCUT2D eigenvalue weighted by Gasteiger charge is -2.09. The fourth-order valence-corrected chi connectivity index (χ4v) is 2.36. The van der Waals surface area contributed by atoms with Crippen LogP contribution in [0.5, 0.6) is 0 Å². The highest BCUT2D eigenvalue weighted by molar-refractivity contribution is 7.99. The zero-order valence-electron chi connectivity index (χ0n) is 8.90. The average molecular weight is 247 g/mol. The van der Waals surface area contributed by atoms with Crippen LogP contribution in [0.15, 0.2) is 11.4 Å². The van der Waals surface area contributed by atoms with E-state index in [1.807, 2.05) is 0 Å². The van der Waals surface area contributed by atoms with E-state index in [9.17, 15) is 0 Å².